The van der Waals surface area contributed by atoms with Crippen LogP contribution in [0.2, 0.25) is 0 Å². The Morgan fingerprint density at radius 3 is 2.82 bits per heavy atom. The molecule has 0 N–H and O–H groups in total. The highest BCUT2D eigenvalue weighted by Gasteiger charge is 2.49. The van der Waals surface area contributed by atoms with Gasteiger partial charge in [-0.15, -0.1) is 11.3 Å². The molecule has 1 unspecified atom stereocenters. The summed E-state index contributed by atoms with van der Waals surface area (Å²) in [5.74, 6) is 0.205. The van der Waals surface area contributed by atoms with Crippen molar-refractivity contribution in [1.82, 2.24) is 15.0 Å². The molecular formula is C20H20N4O3S. The molecule has 1 atom stereocenters. The summed E-state index contributed by atoms with van der Waals surface area (Å²) in [4.78, 5) is 36.5. The molecule has 4 heterocycles. The SMILES string of the molecule is O=C1N=CC=CC1c1noc(C2CN(C(=O)C3(c4cccs4)CCCC3)C2)n1. The number of dihydropyridines is 1. The van der Waals surface area contributed by atoms with Crippen molar-refractivity contribution in [3.05, 3.63) is 46.3 Å². The Hall–Kier alpha value is -2.61. The smallest absolute Gasteiger partial charge is 0.260 e. The largest absolute Gasteiger partial charge is 0.340 e. The van der Waals surface area contributed by atoms with Crippen LogP contribution < -0.4 is 0 Å². The van der Waals surface area contributed by atoms with Gasteiger partial charge in [-0.2, -0.15) is 4.98 Å². The van der Waals surface area contributed by atoms with Gasteiger partial charge in [-0.1, -0.05) is 30.1 Å². The number of allylic oxidation sites excluding steroid dienone is 1. The summed E-state index contributed by atoms with van der Waals surface area (Å²) in [6.07, 6.45) is 8.92. The van der Waals surface area contributed by atoms with Gasteiger partial charge in [-0.3, -0.25) is 9.59 Å². The molecule has 1 saturated heterocycles. The number of thiophene rings is 1. The minimum absolute atomic E-state index is 0.0261. The molecule has 144 valence electrons. The van der Waals surface area contributed by atoms with E-state index in [4.69, 9.17) is 4.52 Å². The van der Waals surface area contributed by atoms with Crippen LogP contribution in [0.3, 0.4) is 0 Å². The summed E-state index contributed by atoms with van der Waals surface area (Å²) in [6.45, 7) is 1.17. The van der Waals surface area contributed by atoms with Crippen LogP contribution in [0.1, 0.15) is 54.1 Å². The van der Waals surface area contributed by atoms with Crippen LogP contribution >= 0.6 is 11.3 Å². The molecule has 3 aliphatic rings. The van der Waals surface area contributed by atoms with Crippen molar-refractivity contribution in [3.63, 3.8) is 0 Å². The van der Waals surface area contributed by atoms with Gasteiger partial charge in [0.25, 0.3) is 5.91 Å². The van der Waals surface area contributed by atoms with Gasteiger partial charge in [0.1, 0.15) is 5.92 Å². The molecule has 2 fully saturated rings. The van der Waals surface area contributed by atoms with Crippen LogP contribution in [0.25, 0.3) is 0 Å². The third-order valence-electron chi connectivity index (χ3n) is 5.97. The Kier molecular flexibility index (Phi) is 4.23. The average Bonchev–Trinajstić information content (AvgIpc) is 3.42. The van der Waals surface area contributed by atoms with Crippen molar-refractivity contribution in [1.29, 1.82) is 0 Å². The Labute approximate surface area is 166 Å². The lowest BCUT2D eigenvalue weighted by molar-refractivity contribution is -0.142. The topological polar surface area (TPSA) is 88.7 Å². The van der Waals surface area contributed by atoms with Gasteiger partial charge in [0, 0.05) is 24.2 Å². The van der Waals surface area contributed by atoms with Crippen LogP contribution in [0.15, 0.2) is 39.2 Å². The molecule has 5 rings (SSSR count). The lowest BCUT2D eigenvalue weighted by Crippen LogP contribution is -2.55. The first-order valence-electron chi connectivity index (χ1n) is 9.59. The maximum absolute atomic E-state index is 13.3. The second kappa shape index (κ2) is 6.77. The van der Waals surface area contributed by atoms with E-state index >= 15 is 0 Å². The molecule has 0 bridgehead atoms. The number of aromatic nitrogens is 2. The number of amides is 2. The minimum Gasteiger partial charge on any atom is -0.340 e. The number of carbonyl (C=O) groups excluding carboxylic acids is 2. The fourth-order valence-corrected chi connectivity index (χ4v) is 5.35. The zero-order chi connectivity index (χ0) is 19.1. The van der Waals surface area contributed by atoms with Crippen LogP contribution in [0, 0.1) is 0 Å². The van der Waals surface area contributed by atoms with E-state index in [0.717, 1.165) is 25.7 Å². The predicted molar refractivity (Wildman–Crippen MR) is 103 cm³/mol. The molecule has 2 aromatic rings. The van der Waals surface area contributed by atoms with E-state index in [0.29, 0.717) is 24.8 Å². The Bertz CT molecular complexity index is 950. The normalized spacial score (nSPS) is 23.9. The standard InChI is InChI=1S/C20H20N4O3S/c25-17-14(5-3-9-21-17)16-22-18(27-23-16)13-11-24(12-13)19(26)20(7-1-2-8-20)15-6-4-10-28-15/h3-6,9-10,13-14H,1-2,7-8,11-12H2. The van der Waals surface area contributed by atoms with Crippen molar-refractivity contribution in [2.45, 2.75) is 42.9 Å². The molecule has 7 nitrogen and oxygen atoms in total. The monoisotopic (exact) mass is 396 g/mol. The van der Waals surface area contributed by atoms with E-state index in [1.54, 1.807) is 23.5 Å². The molecule has 0 aromatic carbocycles. The van der Waals surface area contributed by atoms with Gasteiger partial charge < -0.3 is 9.42 Å². The third-order valence-corrected chi connectivity index (χ3v) is 7.04. The van der Waals surface area contributed by atoms with E-state index < -0.39 is 5.92 Å². The van der Waals surface area contributed by atoms with Gasteiger partial charge in [0.15, 0.2) is 5.82 Å². The Morgan fingerprint density at radius 2 is 2.11 bits per heavy atom. The number of rotatable bonds is 4. The molecule has 2 amide bonds. The summed E-state index contributed by atoms with van der Waals surface area (Å²) in [7, 11) is 0. The number of likely N-dealkylation sites (tertiary alicyclic amines) is 1. The van der Waals surface area contributed by atoms with Crippen molar-refractivity contribution in [2.75, 3.05) is 13.1 Å². The molecule has 2 aromatic heterocycles. The average molecular weight is 396 g/mol. The van der Waals surface area contributed by atoms with Crippen LogP contribution in [0.4, 0.5) is 0 Å². The van der Waals surface area contributed by atoms with E-state index in [9.17, 15) is 9.59 Å². The first-order chi connectivity index (χ1) is 13.7. The molecule has 0 radical (unpaired) electrons. The van der Waals surface area contributed by atoms with Gasteiger partial charge >= 0.3 is 0 Å². The second-order valence-corrected chi connectivity index (χ2v) is 8.59. The zero-order valence-electron chi connectivity index (χ0n) is 15.3. The molecule has 28 heavy (non-hydrogen) atoms. The van der Waals surface area contributed by atoms with Crippen molar-refractivity contribution >= 4 is 29.4 Å². The molecule has 2 aliphatic heterocycles. The zero-order valence-corrected chi connectivity index (χ0v) is 16.1. The van der Waals surface area contributed by atoms with E-state index in [1.165, 1.54) is 11.1 Å². The highest BCUT2D eigenvalue weighted by atomic mass is 32.1. The van der Waals surface area contributed by atoms with Crippen LogP contribution in [-0.2, 0) is 15.0 Å². The fraction of sp³-hybridized carbons (Fsp3) is 0.450. The second-order valence-electron chi connectivity index (χ2n) is 7.64. The van der Waals surface area contributed by atoms with Crippen molar-refractivity contribution in [3.8, 4) is 0 Å². The van der Waals surface area contributed by atoms with E-state index in [1.807, 2.05) is 16.3 Å². The fourth-order valence-electron chi connectivity index (χ4n) is 4.37. The van der Waals surface area contributed by atoms with Crippen LogP contribution in [-0.4, -0.2) is 46.2 Å². The number of aliphatic imine (C=N–C) groups is 1. The van der Waals surface area contributed by atoms with E-state index in [-0.39, 0.29) is 23.1 Å². The summed E-state index contributed by atoms with van der Waals surface area (Å²) in [5.41, 5.74) is -0.351. The Balaban J connectivity index is 1.28. The lowest BCUT2D eigenvalue weighted by atomic mass is 9.81. The molecule has 8 heteroatoms. The summed E-state index contributed by atoms with van der Waals surface area (Å²) in [6, 6.07) is 4.11. The highest BCUT2D eigenvalue weighted by Crippen LogP contribution is 2.46. The minimum atomic E-state index is -0.583. The van der Waals surface area contributed by atoms with Crippen molar-refractivity contribution < 1.29 is 14.1 Å². The maximum Gasteiger partial charge on any atom is 0.260 e. The molecule has 1 saturated carbocycles. The van der Waals surface area contributed by atoms with E-state index in [2.05, 4.69) is 21.2 Å². The van der Waals surface area contributed by atoms with Gasteiger partial charge in [-0.05, 0) is 30.4 Å². The quantitative estimate of drug-likeness (QED) is 0.793. The third kappa shape index (κ3) is 2.74. The number of carbonyl (C=O) groups is 2. The molecule has 1 aliphatic carbocycles. The Morgan fingerprint density at radius 1 is 1.29 bits per heavy atom. The van der Waals surface area contributed by atoms with Crippen molar-refractivity contribution in [2.24, 2.45) is 4.99 Å². The number of hydrogen-bond acceptors (Lipinski definition) is 6. The first-order valence-corrected chi connectivity index (χ1v) is 10.5. The molecule has 0 spiro atoms. The number of nitrogens with zero attached hydrogens (tertiary/aromatic N) is 4. The maximum atomic E-state index is 13.3. The predicted octanol–water partition coefficient (Wildman–Crippen LogP) is 2.82. The highest BCUT2D eigenvalue weighted by molar-refractivity contribution is 7.10. The summed E-state index contributed by atoms with van der Waals surface area (Å²) >= 11 is 1.68. The van der Waals surface area contributed by atoms with Gasteiger partial charge in [0.05, 0.1) is 11.3 Å². The lowest BCUT2D eigenvalue weighted by Gasteiger charge is -2.42. The summed E-state index contributed by atoms with van der Waals surface area (Å²) < 4.78 is 5.39. The molecular weight excluding hydrogens is 376 g/mol. The van der Waals surface area contributed by atoms with Gasteiger partial charge in [0.2, 0.25) is 11.8 Å². The first kappa shape index (κ1) is 17.5. The van der Waals surface area contributed by atoms with Gasteiger partial charge in [-0.25, -0.2) is 4.99 Å². The van der Waals surface area contributed by atoms with Crippen LogP contribution in [0.5, 0.6) is 0 Å². The summed E-state index contributed by atoms with van der Waals surface area (Å²) in [5, 5.41) is 6.01. The number of hydrogen-bond donors (Lipinski definition) is 0.